The number of hydrogen-bond donors (Lipinski definition) is 3. The maximum atomic E-state index is 11.1. The molecule has 5 heteroatoms. The van der Waals surface area contributed by atoms with Crippen LogP contribution in [0.1, 0.15) is 19.3 Å². The van der Waals surface area contributed by atoms with Crippen molar-refractivity contribution in [2.75, 3.05) is 6.54 Å². The Morgan fingerprint density at radius 3 is 2.75 bits per heavy atom. The lowest BCUT2D eigenvalue weighted by Crippen LogP contribution is -2.39. The molecule has 1 rings (SSSR count). The molecule has 68 valence electrons. The Labute approximate surface area is 70.6 Å². The lowest BCUT2D eigenvalue weighted by molar-refractivity contribution is -0.127. The zero-order chi connectivity index (χ0) is 8.97. The van der Waals surface area contributed by atoms with Gasteiger partial charge in [0.15, 0.2) is 5.84 Å². The van der Waals surface area contributed by atoms with Crippen LogP contribution in [0.3, 0.4) is 0 Å². The van der Waals surface area contributed by atoms with Crippen molar-refractivity contribution in [2.24, 2.45) is 16.8 Å². The average molecular weight is 171 g/mol. The third kappa shape index (κ3) is 2.11. The van der Waals surface area contributed by atoms with E-state index in [1.54, 1.807) is 0 Å². The number of rotatable bonds is 3. The fourth-order valence-electron chi connectivity index (χ4n) is 1.03. The summed E-state index contributed by atoms with van der Waals surface area (Å²) in [5, 5.41) is 13.5. The molecule has 0 unspecified atom stereocenters. The highest BCUT2D eigenvalue weighted by Gasteiger charge is 2.24. The summed E-state index contributed by atoms with van der Waals surface area (Å²) < 4.78 is 0. The molecule has 0 aromatic heterocycles. The van der Waals surface area contributed by atoms with Crippen LogP contribution < -0.4 is 11.1 Å². The quantitative estimate of drug-likeness (QED) is 0.235. The molecule has 1 amide bonds. The third-order valence-electron chi connectivity index (χ3n) is 2.05. The second kappa shape index (κ2) is 3.94. The van der Waals surface area contributed by atoms with Gasteiger partial charge in [-0.1, -0.05) is 11.6 Å². The molecule has 0 spiro atoms. The number of hydrogen-bond acceptors (Lipinski definition) is 3. The van der Waals surface area contributed by atoms with Gasteiger partial charge in [-0.05, 0) is 12.8 Å². The highest BCUT2D eigenvalue weighted by atomic mass is 16.4. The molecular weight excluding hydrogens is 158 g/mol. The van der Waals surface area contributed by atoms with E-state index < -0.39 is 0 Å². The van der Waals surface area contributed by atoms with Crippen LogP contribution in [-0.4, -0.2) is 23.5 Å². The summed E-state index contributed by atoms with van der Waals surface area (Å²) in [6.07, 6.45) is 3.05. The molecular formula is C7H13N3O2. The van der Waals surface area contributed by atoms with Crippen molar-refractivity contribution in [1.29, 1.82) is 0 Å². The molecule has 0 atom stereocenters. The summed E-state index contributed by atoms with van der Waals surface area (Å²) in [5.41, 5.74) is 5.17. The largest absolute Gasteiger partial charge is 0.409 e. The van der Waals surface area contributed by atoms with Gasteiger partial charge in [0.05, 0.1) is 6.54 Å². The van der Waals surface area contributed by atoms with Crippen molar-refractivity contribution < 1.29 is 10.0 Å². The number of nitrogens with zero attached hydrogens (tertiary/aromatic N) is 1. The number of carbonyl (C=O) groups excluding carboxylic acids is 1. The lowest BCUT2D eigenvalue weighted by Gasteiger charge is -2.23. The molecule has 4 N–H and O–H groups in total. The van der Waals surface area contributed by atoms with Gasteiger partial charge in [0, 0.05) is 5.92 Å². The SMILES string of the molecule is N/C(CNC(=O)C1CCC1)=N\O. The maximum Gasteiger partial charge on any atom is 0.223 e. The first kappa shape index (κ1) is 8.83. The van der Waals surface area contributed by atoms with Gasteiger partial charge in [-0.15, -0.1) is 0 Å². The summed E-state index contributed by atoms with van der Waals surface area (Å²) in [6, 6.07) is 0. The maximum absolute atomic E-state index is 11.1. The molecule has 0 aromatic rings. The molecule has 0 aromatic carbocycles. The highest BCUT2D eigenvalue weighted by molar-refractivity contribution is 5.87. The number of oxime groups is 1. The average Bonchev–Trinajstić information content (AvgIpc) is 1.97. The Morgan fingerprint density at radius 2 is 2.33 bits per heavy atom. The van der Waals surface area contributed by atoms with Crippen LogP contribution in [0.4, 0.5) is 0 Å². The van der Waals surface area contributed by atoms with Crippen LogP contribution in [0, 0.1) is 5.92 Å². The second-order valence-electron chi connectivity index (χ2n) is 2.94. The summed E-state index contributed by atoms with van der Waals surface area (Å²) in [6.45, 7) is 0.131. The molecule has 0 radical (unpaired) electrons. The van der Waals surface area contributed by atoms with Crippen molar-refractivity contribution in [3.8, 4) is 0 Å². The van der Waals surface area contributed by atoms with Gasteiger partial charge in [0.2, 0.25) is 5.91 Å². The van der Waals surface area contributed by atoms with E-state index in [1.807, 2.05) is 0 Å². The smallest absolute Gasteiger partial charge is 0.223 e. The van der Waals surface area contributed by atoms with Crippen LogP contribution in [0.5, 0.6) is 0 Å². The number of amidine groups is 1. The van der Waals surface area contributed by atoms with E-state index in [9.17, 15) is 4.79 Å². The van der Waals surface area contributed by atoms with Crippen LogP contribution in [0.15, 0.2) is 5.16 Å². The van der Waals surface area contributed by atoms with Crippen LogP contribution in [-0.2, 0) is 4.79 Å². The normalized spacial score (nSPS) is 18.5. The minimum Gasteiger partial charge on any atom is -0.409 e. The second-order valence-corrected chi connectivity index (χ2v) is 2.94. The van der Waals surface area contributed by atoms with Crippen molar-refractivity contribution >= 4 is 11.7 Å². The first-order valence-corrected chi connectivity index (χ1v) is 3.98. The molecule has 1 aliphatic rings. The first-order chi connectivity index (χ1) is 5.74. The Hall–Kier alpha value is -1.26. The van der Waals surface area contributed by atoms with E-state index in [1.165, 1.54) is 0 Å². The minimum absolute atomic E-state index is 0.00727. The van der Waals surface area contributed by atoms with E-state index in [4.69, 9.17) is 10.9 Å². The van der Waals surface area contributed by atoms with Crippen molar-refractivity contribution in [3.05, 3.63) is 0 Å². The van der Waals surface area contributed by atoms with E-state index in [-0.39, 0.29) is 24.2 Å². The topological polar surface area (TPSA) is 87.7 Å². The van der Waals surface area contributed by atoms with Gasteiger partial charge in [-0.3, -0.25) is 4.79 Å². The van der Waals surface area contributed by atoms with Crippen LogP contribution in [0.25, 0.3) is 0 Å². The van der Waals surface area contributed by atoms with E-state index >= 15 is 0 Å². The predicted octanol–water partition coefficient (Wildman–Crippen LogP) is -0.351. The Morgan fingerprint density at radius 1 is 1.67 bits per heavy atom. The van der Waals surface area contributed by atoms with Crippen LogP contribution >= 0.6 is 0 Å². The van der Waals surface area contributed by atoms with Gasteiger partial charge >= 0.3 is 0 Å². The lowest BCUT2D eigenvalue weighted by atomic mass is 9.85. The summed E-state index contributed by atoms with van der Waals surface area (Å²) in [7, 11) is 0. The highest BCUT2D eigenvalue weighted by Crippen LogP contribution is 2.25. The first-order valence-electron chi connectivity index (χ1n) is 3.98. The zero-order valence-electron chi connectivity index (χ0n) is 6.79. The van der Waals surface area contributed by atoms with Gasteiger partial charge in [0.25, 0.3) is 0 Å². The van der Waals surface area contributed by atoms with E-state index in [0.29, 0.717) is 0 Å². The standard InChI is InChI=1S/C7H13N3O2/c8-6(10-12)4-9-7(11)5-2-1-3-5/h5,12H,1-4H2,(H2,8,10)(H,9,11). The van der Waals surface area contributed by atoms with Gasteiger partial charge in [0.1, 0.15) is 0 Å². The molecule has 0 saturated heterocycles. The van der Waals surface area contributed by atoms with Crippen molar-refractivity contribution in [1.82, 2.24) is 5.32 Å². The van der Waals surface area contributed by atoms with Crippen molar-refractivity contribution in [3.63, 3.8) is 0 Å². The van der Waals surface area contributed by atoms with Crippen molar-refractivity contribution in [2.45, 2.75) is 19.3 Å². The minimum atomic E-state index is 0.00727. The Kier molecular flexibility index (Phi) is 2.90. The Bertz CT molecular complexity index is 199. The van der Waals surface area contributed by atoms with E-state index in [2.05, 4.69) is 10.5 Å². The number of nitrogens with one attached hydrogen (secondary N) is 1. The molecule has 1 aliphatic carbocycles. The zero-order valence-corrected chi connectivity index (χ0v) is 6.79. The number of carbonyl (C=O) groups is 1. The summed E-state index contributed by atoms with van der Waals surface area (Å²) in [5.74, 6) is 0.187. The van der Waals surface area contributed by atoms with Crippen LogP contribution in [0.2, 0.25) is 0 Å². The molecule has 5 nitrogen and oxygen atoms in total. The Balaban J connectivity index is 2.18. The fourth-order valence-corrected chi connectivity index (χ4v) is 1.03. The number of nitrogens with two attached hydrogens (primary N) is 1. The molecule has 0 bridgehead atoms. The summed E-state index contributed by atoms with van der Waals surface area (Å²) >= 11 is 0. The molecule has 1 saturated carbocycles. The third-order valence-corrected chi connectivity index (χ3v) is 2.05. The van der Waals surface area contributed by atoms with Gasteiger partial charge < -0.3 is 16.3 Å². The molecule has 1 fully saturated rings. The summed E-state index contributed by atoms with van der Waals surface area (Å²) in [4.78, 5) is 11.1. The van der Waals surface area contributed by atoms with E-state index in [0.717, 1.165) is 19.3 Å². The number of amides is 1. The molecule has 0 aliphatic heterocycles. The predicted molar refractivity (Wildman–Crippen MR) is 43.8 cm³/mol. The van der Waals surface area contributed by atoms with Gasteiger partial charge in [-0.25, -0.2) is 0 Å². The monoisotopic (exact) mass is 171 g/mol. The van der Waals surface area contributed by atoms with Gasteiger partial charge in [-0.2, -0.15) is 0 Å². The molecule has 12 heavy (non-hydrogen) atoms. The molecule has 0 heterocycles. The fraction of sp³-hybridized carbons (Fsp3) is 0.714.